The van der Waals surface area contributed by atoms with Crippen LogP contribution in [0.4, 0.5) is 0 Å². The standard InChI is InChI=1S/C6H7Cl5O2/c1-2-13-5(8)3(7)4(12)6(9,10)11/h3,5H,2H2,1H3/t3-,5-/m1/s1. The number of Topliss-reactive ketones (excluding diaryl/α,β-unsaturated/α-hetero) is 1. The first kappa shape index (κ1) is 14.1. The number of carbonyl (C=O) groups excluding carboxylic acids is 1. The van der Waals surface area contributed by atoms with E-state index in [-0.39, 0.29) is 0 Å². The number of hydrogen-bond acceptors (Lipinski definition) is 2. The molecule has 0 amide bonds. The van der Waals surface area contributed by atoms with Gasteiger partial charge in [-0.3, -0.25) is 4.79 Å². The Bertz CT molecular complexity index is 178. The van der Waals surface area contributed by atoms with E-state index in [1.165, 1.54) is 0 Å². The number of rotatable bonds is 4. The van der Waals surface area contributed by atoms with Gasteiger partial charge in [0.1, 0.15) is 5.38 Å². The second kappa shape index (κ2) is 5.84. The number of hydrogen-bond donors (Lipinski definition) is 0. The molecule has 2 nitrogen and oxygen atoms in total. The van der Waals surface area contributed by atoms with Gasteiger partial charge >= 0.3 is 0 Å². The minimum atomic E-state index is -2.06. The van der Waals surface area contributed by atoms with Crippen LogP contribution in [0.5, 0.6) is 0 Å². The molecule has 0 aromatic carbocycles. The van der Waals surface area contributed by atoms with E-state index in [2.05, 4.69) is 0 Å². The number of halogens is 5. The molecule has 13 heavy (non-hydrogen) atoms. The smallest absolute Gasteiger partial charge is 0.250 e. The van der Waals surface area contributed by atoms with Crippen molar-refractivity contribution < 1.29 is 9.53 Å². The molecular weight excluding hydrogens is 281 g/mol. The summed E-state index contributed by atoms with van der Waals surface area (Å²) in [5.41, 5.74) is -0.991. The van der Waals surface area contributed by atoms with E-state index in [1.54, 1.807) is 6.92 Å². The lowest BCUT2D eigenvalue weighted by Gasteiger charge is -2.18. The molecule has 0 aromatic heterocycles. The minimum Gasteiger partial charge on any atom is -0.361 e. The van der Waals surface area contributed by atoms with Crippen LogP contribution in [0.1, 0.15) is 6.92 Å². The molecule has 7 heteroatoms. The van der Waals surface area contributed by atoms with E-state index in [1.807, 2.05) is 0 Å². The summed E-state index contributed by atoms with van der Waals surface area (Å²) in [6.07, 6.45) is 0. The minimum absolute atomic E-state index is 0.324. The summed E-state index contributed by atoms with van der Waals surface area (Å²) < 4.78 is 2.80. The molecule has 78 valence electrons. The van der Waals surface area contributed by atoms with E-state index < -0.39 is 20.5 Å². The monoisotopic (exact) mass is 286 g/mol. The fourth-order valence-electron chi connectivity index (χ4n) is 0.519. The van der Waals surface area contributed by atoms with Gasteiger partial charge < -0.3 is 4.74 Å². The van der Waals surface area contributed by atoms with Gasteiger partial charge in [0.25, 0.3) is 0 Å². The van der Waals surface area contributed by atoms with Crippen molar-refractivity contribution in [3.63, 3.8) is 0 Å². The SMILES string of the molecule is CCO[C@@H](Cl)[C@H](Cl)C(=O)C(Cl)(Cl)Cl. The van der Waals surface area contributed by atoms with Gasteiger partial charge in [-0.05, 0) is 6.92 Å². The van der Waals surface area contributed by atoms with E-state index in [9.17, 15) is 4.79 Å². The van der Waals surface area contributed by atoms with Gasteiger partial charge in [-0.25, -0.2) is 0 Å². The van der Waals surface area contributed by atoms with Crippen LogP contribution in [0.3, 0.4) is 0 Å². The largest absolute Gasteiger partial charge is 0.361 e. The Morgan fingerprint density at radius 2 is 1.85 bits per heavy atom. The lowest BCUT2D eigenvalue weighted by atomic mass is 10.3. The molecule has 0 saturated carbocycles. The van der Waals surface area contributed by atoms with Crippen LogP contribution in [0.15, 0.2) is 0 Å². The fraction of sp³-hybridized carbons (Fsp3) is 0.833. The first-order valence-corrected chi connectivity index (χ1v) is 5.32. The van der Waals surface area contributed by atoms with Crippen molar-refractivity contribution in [2.45, 2.75) is 21.7 Å². The number of ketones is 1. The lowest BCUT2D eigenvalue weighted by molar-refractivity contribution is -0.119. The molecule has 0 aromatic rings. The van der Waals surface area contributed by atoms with Crippen LogP contribution in [0.25, 0.3) is 0 Å². The highest BCUT2D eigenvalue weighted by Crippen LogP contribution is 2.31. The molecular formula is C6H7Cl5O2. The number of alkyl halides is 5. The molecule has 0 aliphatic rings. The molecule has 0 N–H and O–H groups in total. The highest BCUT2D eigenvalue weighted by atomic mass is 35.6. The number of carbonyl (C=O) groups is 1. The van der Waals surface area contributed by atoms with Crippen molar-refractivity contribution >= 4 is 63.8 Å². The molecule has 0 bridgehead atoms. The van der Waals surface area contributed by atoms with Crippen LogP contribution in [-0.4, -0.2) is 27.1 Å². The maximum absolute atomic E-state index is 11.2. The Kier molecular flexibility index (Phi) is 6.32. The van der Waals surface area contributed by atoms with Crippen LogP contribution in [0.2, 0.25) is 0 Å². The van der Waals surface area contributed by atoms with Crippen molar-refractivity contribution in [3.8, 4) is 0 Å². The van der Waals surface area contributed by atoms with E-state index in [0.717, 1.165) is 0 Å². The molecule has 2 atom stereocenters. The average molecular weight is 288 g/mol. The topological polar surface area (TPSA) is 26.3 Å². The Morgan fingerprint density at radius 3 is 2.15 bits per heavy atom. The van der Waals surface area contributed by atoms with E-state index in [0.29, 0.717) is 6.61 Å². The highest BCUT2D eigenvalue weighted by molar-refractivity contribution is 6.77. The van der Waals surface area contributed by atoms with Crippen LogP contribution < -0.4 is 0 Å². The van der Waals surface area contributed by atoms with Crippen molar-refractivity contribution in [1.82, 2.24) is 0 Å². The quantitative estimate of drug-likeness (QED) is 0.743. The van der Waals surface area contributed by atoms with Crippen LogP contribution in [-0.2, 0) is 9.53 Å². The molecule has 0 unspecified atom stereocenters. The van der Waals surface area contributed by atoms with E-state index in [4.69, 9.17) is 62.7 Å². The summed E-state index contributed by atoms with van der Waals surface area (Å²) in [4.78, 5) is 11.2. The van der Waals surface area contributed by atoms with Gasteiger partial charge in [0.2, 0.25) is 9.58 Å². The summed E-state index contributed by atoms with van der Waals surface area (Å²) in [6.45, 7) is 2.03. The predicted molar refractivity (Wildman–Crippen MR) is 56.2 cm³/mol. The second-order valence-electron chi connectivity index (χ2n) is 2.07. The molecule has 0 fully saturated rings. The Hall–Kier alpha value is 1.08. The summed E-state index contributed by atoms with van der Waals surface area (Å²) in [7, 11) is 0. The Labute approximate surface area is 101 Å². The maximum Gasteiger partial charge on any atom is 0.250 e. The summed E-state index contributed by atoms with van der Waals surface area (Å²) in [5, 5.41) is -1.17. The predicted octanol–water partition coefficient (Wildman–Crippen LogP) is 3.13. The van der Waals surface area contributed by atoms with Gasteiger partial charge in [-0.1, -0.05) is 46.4 Å². The number of ether oxygens (including phenoxy) is 1. The normalized spacial score (nSPS) is 16.8. The Morgan fingerprint density at radius 1 is 1.38 bits per heavy atom. The first-order chi connectivity index (χ1) is 5.80. The molecule has 0 rings (SSSR count). The van der Waals surface area contributed by atoms with Gasteiger partial charge in [0.05, 0.1) is 0 Å². The maximum atomic E-state index is 11.2. The second-order valence-corrected chi connectivity index (χ2v) is 5.25. The van der Waals surface area contributed by atoms with Crippen LogP contribution in [0, 0.1) is 0 Å². The molecule has 0 spiro atoms. The van der Waals surface area contributed by atoms with Crippen LogP contribution >= 0.6 is 58.0 Å². The highest BCUT2D eigenvalue weighted by Gasteiger charge is 2.39. The lowest BCUT2D eigenvalue weighted by Crippen LogP contribution is -2.35. The third-order valence-electron chi connectivity index (χ3n) is 1.09. The molecule has 0 radical (unpaired) electrons. The molecule has 0 saturated heterocycles. The molecule has 0 heterocycles. The Balaban J connectivity index is 4.26. The van der Waals surface area contributed by atoms with Crippen molar-refractivity contribution in [1.29, 1.82) is 0 Å². The van der Waals surface area contributed by atoms with Gasteiger partial charge in [0, 0.05) is 6.61 Å². The summed E-state index contributed by atoms with van der Waals surface area (Å²) >= 11 is 27.1. The van der Waals surface area contributed by atoms with Crippen molar-refractivity contribution in [3.05, 3.63) is 0 Å². The summed E-state index contributed by atoms with van der Waals surface area (Å²) in [5.74, 6) is -0.799. The zero-order chi connectivity index (χ0) is 10.6. The fourth-order valence-corrected chi connectivity index (χ4v) is 1.52. The molecule has 0 aliphatic heterocycles. The third kappa shape index (κ3) is 4.91. The van der Waals surface area contributed by atoms with E-state index >= 15 is 0 Å². The van der Waals surface area contributed by atoms with Gasteiger partial charge in [0.15, 0.2) is 5.56 Å². The average Bonchev–Trinajstić information content (AvgIpc) is 2.00. The van der Waals surface area contributed by atoms with Gasteiger partial charge in [-0.2, -0.15) is 0 Å². The molecule has 0 aliphatic carbocycles. The summed E-state index contributed by atoms with van der Waals surface area (Å²) in [6, 6.07) is 0. The van der Waals surface area contributed by atoms with Gasteiger partial charge in [-0.15, -0.1) is 11.6 Å². The van der Waals surface area contributed by atoms with Crippen molar-refractivity contribution in [2.24, 2.45) is 0 Å². The van der Waals surface area contributed by atoms with Crippen molar-refractivity contribution in [2.75, 3.05) is 6.61 Å². The first-order valence-electron chi connectivity index (χ1n) is 3.31. The zero-order valence-corrected chi connectivity index (χ0v) is 10.3. The third-order valence-corrected chi connectivity index (χ3v) is 2.58. The zero-order valence-electron chi connectivity index (χ0n) is 6.57.